The van der Waals surface area contributed by atoms with Crippen LogP contribution in [0.15, 0.2) is 29.0 Å². The van der Waals surface area contributed by atoms with Gasteiger partial charge in [-0.15, -0.1) is 10.2 Å². The largest absolute Gasteiger partial charge is 0.399 e. The Kier molecular flexibility index (Phi) is 2.96. The third-order valence-corrected chi connectivity index (χ3v) is 2.77. The van der Waals surface area contributed by atoms with Crippen LogP contribution in [0.25, 0.3) is 11.4 Å². The minimum atomic E-state index is 0.324. The van der Waals surface area contributed by atoms with Gasteiger partial charge in [0.25, 0.3) is 0 Å². The molecule has 0 aliphatic carbocycles. The van der Waals surface area contributed by atoms with E-state index < -0.39 is 0 Å². The summed E-state index contributed by atoms with van der Waals surface area (Å²) in [6.45, 7) is 4.18. The molecule has 0 fully saturated rings. The van der Waals surface area contributed by atoms with Crippen LogP contribution in [-0.2, 0) is 0 Å². The van der Waals surface area contributed by atoms with Crippen molar-refractivity contribution in [3.63, 3.8) is 0 Å². The fraction of sp³-hybridized carbons (Fsp3) is 0.273. The quantitative estimate of drug-likeness (QED) is 0.861. The summed E-state index contributed by atoms with van der Waals surface area (Å²) >= 11 is 3.42. The summed E-state index contributed by atoms with van der Waals surface area (Å²) < 4.78 is 2.96. The Balaban J connectivity index is 2.54. The highest BCUT2D eigenvalue weighted by atomic mass is 79.9. The first-order valence-corrected chi connectivity index (χ1v) is 5.83. The molecule has 0 aliphatic heterocycles. The number of aromatic nitrogens is 3. The van der Waals surface area contributed by atoms with Crippen molar-refractivity contribution in [2.24, 2.45) is 0 Å². The van der Waals surface area contributed by atoms with Gasteiger partial charge in [0, 0.05) is 21.8 Å². The van der Waals surface area contributed by atoms with Crippen molar-refractivity contribution in [3.05, 3.63) is 29.0 Å². The second-order valence-corrected chi connectivity index (χ2v) is 4.84. The molecule has 1 heterocycles. The monoisotopic (exact) mass is 280 g/mol. The molecule has 0 saturated carbocycles. The maximum absolute atomic E-state index is 5.80. The molecule has 0 aliphatic rings. The molecule has 0 saturated heterocycles. The lowest BCUT2D eigenvalue weighted by atomic mass is 10.2. The number of nitrogens with two attached hydrogens (primary N) is 1. The van der Waals surface area contributed by atoms with Crippen molar-refractivity contribution in [2.45, 2.75) is 19.9 Å². The van der Waals surface area contributed by atoms with Gasteiger partial charge in [-0.1, -0.05) is 15.9 Å². The van der Waals surface area contributed by atoms with Crippen LogP contribution in [0.3, 0.4) is 0 Å². The van der Waals surface area contributed by atoms with E-state index in [-0.39, 0.29) is 0 Å². The van der Waals surface area contributed by atoms with E-state index in [9.17, 15) is 0 Å². The predicted molar refractivity (Wildman–Crippen MR) is 68.0 cm³/mol. The van der Waals surface area contributed by atoms with Crippen molar-refractivity contribution in [1.82, 2.24) is 14.8 Å². The van der Waals surface area contributed by atoms with Gasteiger partial charge in [-0.2, -0.15) is 0 Å². The summed E-state index contributed by atoms with van der Waals surface area (Å²) in [7, 11) is 0. The van der Waals surface area contributed by atoms with Gasteiger partial charge in [-0.3, -0.25) is 0 Å². The van der Waals surface area contributed by atoms with Crippen LogP contribution >= 0.6 is 15.9 Å². The Morgan fingerprint density at radius 3 is 2.69 bits per heavy atom. The number of halogens is 1. The summed E-state index contributed by atoms with van der Waals surface area (Å²) in [6, 6.07) is 6.07. The number of nitrogens with zero attached hydrogens (tertiary/aromatic N) is 3. The first-order chi connectivity index (χ1) is 7.58. The van der Waals surface area contributed by atoms with Crippen LogP contribution in [0.2, 0.25) is 0 Å². The van der Waals surface area contributed by atoms with E-state index in [0.29, 0.717) is 11.7 Å². The van der Waals surface area contributed by atoms with Gasteiger partial charge in [0.15, 0.2) is 5.82 Å². The number of anilines is 1. The highest BCUT2D eigenvalue weighted by Crippen LogP contribution is 2.26. The molecule has 0 atom stereocenters. The highest BCUT2D eigenvalue weighted by molar-refractivity contribution is 9.10. The molecule has 0 amide bonds. The van der Waals surface area contributed by atoms with E-state index >= 15 is 0 Å². The van der Waals surface area contributed by atoms with E-state index in [0.717, 1.165) is 15.9 Å². The Labute approximate surface area is 103 Å². The lowest BCUT2D eigenvalue weighted by molar-refractivity contribution is 0.604. The van der Waals surface area contributed by atoms with Crippen LogP contribution in [0.1, 0.15) is 19.9 Å². The van der Waals surface area contributed by atoms with Gasteiger partial charge in [-0.25, -0.2) is 0 Å². The smallest absolute Gasteiger partial charge is 0.164 e. The minimum absolute atomic E-state index is 0.324. The first kappa shape index (κ1) is 11.1. The second-order valence-electron chi connectivity index (χ2n) is 3.93. The normalized spacial score (nSPS) is 11.0. The molecule has 5 heteroatoms. The van der Waals surface area contributed by atoms with Crippen LogP contribution in [0, 0.1) is 0 Å². The maximum atomic E-state index is 5.80. The van der Waals surface area contributed by atoms with Crippen LogP contribution in [-0.4, -0.2) is 14.8 Å². The van der Waals surface area contributed by atoms with Gasteiger partial charge >= 0.3 is 0 Å². The lowest BCUT2D eigenvalue weighted by Crippen LogP contribution is -2.02. The molecular formula is C11H13BrN4. The fourth-order valence-corrected chi connectivity index (χ4v) is 2.08. The van der Waals surface area contributed by atoms with Crippen molar-refractivity contribution in [1.29, 1.82) is 0 Å². The highest BCUT2D eigenvalue weighted by Gasteiger charge is 2.10. The molecular weight excluding hydrogens is 268 g/mol. The summed E-state index contributed by atoms with van der Waals surface area (Å²) in [6.07, 6.45) is 1.73. The van der Waals surface area contributed by atoms with Gasteiger partial charge in [-0.05, 0) is 32.0 Å². The number of benzene rings is 1. The zero-order valence-electron chi connectivity index (χ0n) is 9.18. The SMILES string of the molecule is CC(C)n1cnnc1-c1cc(N)cc(Br)c1. The van der Waals surface area contributed by atoms with Gasteiger partial charge in [0.2, 0.25) is 0 Å². The number of hydrogen-bond acceptors (Lipinski definition) is 3. The molecule has 2 N–H and O–H groups in total. The molecule has 0 radical (unpaired) electrons. The molecule has 1 aromatic carbocycles. The third-order valence-electron chi connectivity index (χ3n) is 2.31. The maximum Gasteiger partial charge on any atom is 0.164 e. The topological polar surface area (TPSA) is 56.7 Å². The zero-order chi connectivity index (χ0) is 11.7. The number of nitrogen functional groups attached to an aromatic ring is 1. The van der Waals surface area contributed by atoms with Crippen molar-refractivity contribution >= 4 is 21.6 Å². The average molecular weight is 281 g/mol. The van der Waals surface area contributed by atoms with E-state index in [4.69, 9.17) is 5.73 Å². The Hall–Kier alpha value is -1.36. The van der Waals surface area contributed by atoms with Gasteiger partial charge in [0.05, 0.1) is 0 Å². The van der Waals surface area contributed by atoms with Crippen LogP contribution in [0.5, 0.6) is 0 Å². The molecule has 1 aromatic heterocycles. The van der Waals surface area contributed by atoms with Crippen molar-refractivity contribution in [3.8, 4) is 11.4 Å². The molecule has 2 rings (SSSR count). The van der Waals surface area contributed by atoms with E-state index in [1.807, 2.05) is 22.8 Å². The summed E-state index contributed by atoms with van der Waals surface area (Å²) in [4.78, 5) is 0. The van der Waals surface area contributed by atoms with Gasteiger partial charge < -0.3 is 10.3 Å². The van der Waals surface area contributed by atoms with E-state index in [1.54, 1.807) is 6.33 Å². The van der Waals surface area contributed by atoms with E-state index in [1.165, 1.54) is 0 Å². The van der Waals surface area contributed by atoms with Crippen LogP contribution in [0.4, 0.5) is 5.69 Å². The molecule has 16 heavy (non-hydrogen) atoms. The second kappa shape index (κ2) is 4.25. The predicted octanol–water partition coefficient (Wildman–Crippen LogP) is 2.87. The number of hydrogen-bond donors (Lipinski definition) is 1. The fourth-order valence-electron chi connectivity index (χ4n) is 1.57. The Morgan fingerprint density at radius 2 is 2.06 bits per heavy atom. The van der Waals surface area contributed by atoms with Crippen molar-refractivity contribution < 1.29 is 0 Å². The number of rotatable bonds is 2. The summed E-state index contributed by atoms with van der Waals surface area (Å²) in [5, 5.41) is 8.06. The summed E-state index contributed by atoms with van der Waals surface area (Å²) in [5.74, 6) is 0.836. The Morgan fingerprint density at radius 1 is 1.31 bits per heavy atom. The molecule has 4 nitrogen and oxygen atoms in total. The first-order valence-electron chi connectivity index (χ1n) is 5.04. The molecule has 84 valence electrons. The summed E-state index contributed by atoms with van der Waals surface area (Å²) in [5.41, 5.74) is 7.49. The van der Waals surface area contributed by atoms with Crippen LogP contribution < -0.4 is 5.73 Å². The van der Waals surface area contributed by atoms with Gasteiger partial charge in [0.1, 0.15) is 6.33 Å². The molecule has 2 aromatic rings. The molecule has 0 spiro atoms. The minimum Gasteiger partial charge on any atom is -0.399 e. The third kappa shape index (κ3) is 2.09. The van der Waals surface area contributed by atoms with E-state index in [2.05, 4.69) is 40.0 Å². The Bertz CT molecular complexity index is 484. The average Bonchev–Trinajstić information content (AvgIpc) is 2.63. The molecule has 0 bridgehead atoms. The van der Waals surface area contributed by atoms with Crippen molar-refractivity contribution in [2.75, 3.05) is 5.73 Å². The lowest BCUT2D eigenvalue weighted by Gasteiger charge is -2.10. The standard InChI is InChI=1S/C11H13BrN4/c1-7(2)16-6-14-15-11(16)8-3-9(12)5-10(13)4-8/h3-7H,13H2,1-2H3. The molecule has 0 unspecified atom stereocenters. The zero-order valence-corrected chi connectivity index (χ0v) is 10.8.